The predicted octanol–water partition coefficient (Wildman–Crippen LogP) is 5.23. The van der Waals surface area contributed by atoms with Crippen molar-refractivity contribution in [2.75, 3.05) is 13.1 Å². The highest BCUT2D eigenvalue weighted by atomic mass is 32.2. The number of hydrogen-bond donors (Lipinski definition) is 0. The van der Waals surface area contributed by atoms with Gasteiger partial charge in [0, 0.05) is 17.5 Å². The monoisotopic (exact) mass is 502 g/mol. The normalized spacial score (nSPS) is 18.1. The molecule has 0 N–H and O–H groups in total. The number of fused-ring (bicyclic) bond motifs is 2. The fourth-order valence-electron chi connectivity index (χ4n) is 5.04. The van der Waals surface area contributed by atoms with Gasteiger partial charge in [-0.2, -0.15) is 4.31 Å². The molecule has 5 nitrogen and oxygen atoms in total. The number of sulfonamides is 1. The van der Waals surface area contributed by atoms with E-state index < -0.39 is 10.0 Å². The van der Waals surface area contributed by atoms with Crippen LogP contribution in [0.5, 0.6) is 0 Å². The summed E-state index contributed by atoms with van der Waals surface area (Å²) < 4.78 is 28.9. The molecule has 35 heavy (non-hydrogen) atoms. The third-order valence-electron chi connectivity index (χ3n) is 6.97. The van der Waals surface area contributed by atoms with E-state index in [1.165, 1.54) is 9.18 Å². The standard InChI is InChI=1S/C28H26N2O3S2/c31-27(29-16-14-26-25(15-17-34-26)28(29)21-7-2-1-3-8-21)19-30(23-11-12-23)35(32,33)24-13-10-20-6-4-5-9-22(20)18-24/h1-10,13,15,17-18,23,28H,11-12,14,16,19H2. The van der Waals surface area contributed by atoms with E-state index >= 15 is 0 Å². The molecule has 1 aromatic heterocycles. The summed E-state index contributed by atoms with van der Waals surface area (Å²) in [5.41, 5.74) is 2.20. The minimum atomic E-state index is -3.81. The molecule has 3 aromatic carbocycles. The van der Waals surface area contributed by atoms with Crippen LogP contribution in [0.3, 0.4) is 0 Å². The molecule has 7 heteroatoms. The highest BCUT2D eigenvalue weighted by molar-refractivity contribution is 7.89. The van der Waals surface area contributed by atoms with E-state index in [0.29, 0.717) is 6.54 Å². The first-order chi connectivity index (χ1) is 17.0. The Morgan fingerprint density at radius 2 is 1.69 bits per heavy atom. The van der Waals surface area contributed by atoms with E-state index in [4.69, 9.17) is 0 Å². The van der Waals surface area contributed by atoms with Gasteiger partial charge in [0.15, 0.2) is 0 Å². The van der Waals surface area contributed by atoms with E-state index in [0.717, 1.165) is 41.2 Å². The van der Waals surface area contributed by atoms with Crippen molar-refractivity contribution >= 4 is 38.0 Å². The van der Waals surface area contributed by atoms with E-state index in [2.05, 4.69) is 11.4 Å². The molecular formula is C28H26N2O3S2. The summed E-state index contributed by atoms with van der Waals surface area (Å²) in [4.78, 5) is 17.2. The maximum Gasteiger partial charge on any atom is 0.243 e. The molecule has 1 unspecified atom stereocenters. The number of hydrogen-bond acceptors (Lipinski definition) is 4. The lowest BCUT2D eigenvalue weighted by Gasteiger charge is -2.37. The first-order valence-corrected chi connectivity index (χ1v) is 14.3. The van der Waals surface area contributed by atoms with Crippen molar-refractivity contribution in [3.8, 4) is 0 Å². The summed E-state index contributed by atoms with van der Waals surface area (Å²) in [7, 11) is -3.81. The topological polar surface area (TPSA) is 57.7 Å². The maximum absolute atomic E-state index is 13.8. The molecule has 2 heterocycles. The quantitative estimate of drug-likeness (QED) is 0.363. The van der Waals surface area contributed by atoms with Crippen molar-refractivity contribution in [3.63, 3.8) is 0 Å². The largest absolute Gasteiger partial charge is 0.330 e. The Morgan fingerprint density at radius 1 is 0.943 bits per heavy atom. The van der Waals surface area contributed by atoms with Crippen LogP contribution in [0, 0.1) is 0 Å². The zero-order chi connectivity index (χ0) is 24.0. The van der Waals surface area contributed by atoms with Crippen LogP contribution < -0.4 is 0 Å². The van der Waals surface area contributed by atoms with E-state index in [1.54, 1.807) is 23.5 Å². The van der Waals surface area contributed by atoms with Crippen molar-refractivity contribution in [2.45, 2.75) is 36.2 Å². The summed E-state index contributed by atoms with van der Waals surface area (Å²) in [6.45, 7) is 0.447. The molecule has 0 saturated heterocycles. The maximum atomic E-state index is 13.8. The predicted molar refractivity (Wildman–Crippen MR) is 139 cm³/mol. The summed E-state index contributed by atoms with van der Waals surface area (Å²) in [6, 6.07) is 24.7. The Kier molecular flexibility index (Phi) is 5.71. The van der Waals surface area contributed by atoms with Crippen molar-refractivity contribution in [1.82, 2.24) is 9.21 Å². The molecule has 1 atom stereocenters. The Hall–Kier alpha value is -3.00. The van der Waals surface area contributed by atoms with Crippen molar-refractivity contribution in [3.05, 3.63) is 100 Å². The molecule has 1 aliphatic heterocycles. The second kappa shape index (κ2) is 8.90. The lowest BCUT2D eigenvalue weighted by molar-refractivity contribution is -0.133. The molecule has 1 aliphatic carbocycles. The van der Waals surface area contributed by atoms with Crippen LogP contribution in [-0.2, 0) is 21.2 Å². The van der Waals surface area contributed by atoms with E-state index in [1.807, 2.05) is 65.6 Å². The number of carbonyl (C=O) groups excluding carboxylic acids is 1. The minimum absolute atomic E-state index is 0.118. The molecule has 1 fully saturated rings. The average molecular weight is 503 g/mol. The average Bonchev–Trinajstić information content (AvgIpc) is 3.61. The van der Waals surface area contributed by atoms with Crippen LogP contribution in [0.1, 0.15) is 34.9 Å². The summed E-state index contributed by atoms with van der Waals surface area (Å²) >= 11 is 1.72. The molecule has 1 saturated carbocycles. The second-order valence-electron chi connectivity index (χ2n) is 9.24. The van der Waals surface area contributed by atoms with E-state index in [9.17, 15) is 13.2 Å². The number of amides is 1. The zero-order valence-corrected chi connectivity index (χ0v) is 20.8. The van der Waals surface area contributed by atoms with Gasteiger partial charge >= 0.3 is 0 Å². The molecule has 0 spiro atoms. The zero-order valence-electron chi connectivity index (χ0n) is 19.2. The van der Waals surface area contributed by atoms with Crippen molar-refractivity contribution < 1.29 is 13.2 Å². The molecule has 4 aromatic rings. The summed E-state index contributed by atoms with van der Waals surface area (Å²) in [5.74, 6) is -0.146. The lowest BCUT2D eigenvalue weighted by Crippen LogP contribution is -2.47. The number of nitrogens with zero attached hydrogens (tertiary/aromatic N) is 2. The van der Waals surface area contributed by atoms with Crippen LogP contribution in [-0.4, -0.2) is 42.7 Å². The van der Waals surface area contributed by atoms with Gasteiger partial charge in [-0.3, -0.25) is 4.79 Å². The van der Waals surface area contributed by atoms with E-state index in [-0.39, 0.29) is 29.4 Å². The molecule has 0 radical (unpaired) electrons. The fraction of sp³-hybridized carbons (Fsp3) is 0.250. The van der Waals surface area contributed by atoms with Gasteiger partial charge in [0.2, 0.25) is 15.9 Å². The number of thiophene rings is 1. The Morgan fingerprint density at radius 3 is 2.46 bits per heavy atom. The third kappa shape index (κ3) is 4.18. The van der Waals surface area contributed by atoms with Crippen LogP contribution in [0.15, 0.2) is 89.1 Å². The molecule has 0 bridgehead atoms. The van der Waals surface area contributed by atoms with Gasteiger partial charge in [-0.25, -0.2) is 8.42 Å². The Bertz CT molecular complexity index is 1490. The van der Waals surface area contributed by atoms with Crippen molar-refractivity contribution in [1.29, 1.82) is 0 Å². The van der Waals surface area contributed by atoms with Crippen LogP contribution in [0.2, 0.25) is 0 Å². The molecule has 6 rings (SSSR count). The van der Waals surface area contributed by atoms with Gasteiger partial charge in [0.1, 0.15) is 0 Å². The molecule has 178 valence electrons. The number of carbonyl (C=O) groups is 1. The summed E-state index contributed by atoms with van der Waals surface area (Å²) in [6.07, 6.45) is 2.37. The molecular weight excluding hydrogens is 476 g/mol. The minimum Gasteiger partial charge on any atom is -0.330 e. The Balaban J connectivity index is 1.32. The van der Waals surface area contributed by atoms with Gasteiger partial charge in [-0.15, -0.1) is 11.3 Å². The third-order valence-corrected chi connectivity index (χ3v) is 9.87. The molecule has 1 amide bonds. The number of benzene rings is 3. The van der Waals surface area contributed by atoms with Gasteiger partial charge in [0.05, 0.1) is 17.5 Å². The van der Waals surface area contributed by atoms with Gasteiger partial charge < -0.3 is 4.90 Å². The van der Waals surface area contributed by atoms with Crippen LogP contribution in [0.4, 0.5) is 0 Å². The second-order valence-corrected chi connectivity index (χ2v) is 12.1. The van der Waals surface area contributed by atoms with Gasteiger partial charge in [0.25, 0.3) is 0 Å². The first kappa shape index (κ1) is 22.5. The van der Waals surface area contributed by atoms with Crippen molar-refractivity contribution in [2.24, 2.45) is 0 Å². The fourth-order valence-corrected chi connectivity index (χ4v) is 7.61. The van der Waals surface area contributed by atoms with Gasteiger partial charge in [-0.05, 0) is 64.7 Å². The number of rotatable bonds is 6. The van der Waals surface area contributed by atoms with Gasteiger partial charge in [-0.1, -0.05) is 60.7 Å². The highest BCUT2D eigenvalue weighted by Crippen LogP contribution is 2.39. The lowest BCUT2D eigenvalue weighted by atomic mass is 9.93. The summed E-state index contributed by atoms with van der Waals surface area (Å²) in [5, 5.41) is 3.95. The van der Waals surface area contributed by atoms with Crippen LogP contribution in [0.25, 0.3) is 10.8 Å². The first-order valence-electron chi connectivity index (χ1n) is 11.9. The SMILES string of the molecule is O=C(CN(C1CC1)S(=O)(=O)c1ccc2ccccc2c1)N1CCc2sccc2C1c1ccccc1. The smallest absolute Gasteiger partial charge is 0.243 e. The Labute approximate surface area is 209 Å². The molecule has 2 aliphatic rings. The van der Waals surface area contributed by atoms with Crippen LogP contribution >= 0.6 is 11.3 Å². The highest BCUT2D eigenvalue weighted by Gasteiger charge is 2.41.